The van der Waals surface area contributed by atoms with Crippen LogP contribution in [-0.4, -0.2) is 10.1 Å². The molecule has 1 aromatic heterocycles. The molecule has 21 heavy (non-hydrogen) atoms. The minimum atomic E-state index is -4.54. The second-order valence-electron chi connectivity index (χ2n) is 4.96. The quantitative estimate of drug-likeness (QED) is 0.903. The smallest absolute Gasteiger partial charge is 0.388 e. The zero-order chi connectivity index (χ0) is 15.6. The highest BCUT2D eigenvalue weighted by atomic mass is 19.4. The maximum absolute atomic E-state index is 13.0. The molecule has 0 fully saturated rings. The molecular formula is C16H16F3NO. The monoisotopic (exact) mass is 295 g/mol. The lowest BCUT2D eigenvalue weighted by Crippen LogP contribution is -2.10. The highest BCUT2D eigenvalue weighted by Gasteiger charge is 2.33. The number of aliphatic hydroxyl groups excluding tert-OH is 1. The van der Waals surface area contributed by atoms with E-state index < -0.39 is 18.0 Å². The summed E-state index contributed by atoms with van der Waals surface area (Å²) in [5.74, 6) is 0. The number of rotatable bonds is 3. The number of hydrogen-bond acceptors (Lipinski definition) is 2. The van der Waals surface area contributed by atoms with Crippen LogP contribution < -0.4 is 0 Å². The number of halogens is 3. The van der Waals surface area contributed by atoms with Crippen molar-refractivity contribution in [3.63, 3.8) is 0 Å². The van der Waals surface area contributed by atoms with Gasteiger partial charge < -0.3 is 5.11 Å². The minimum absolute atomic E-state index is 0.215. The molecule has 2 nitrogen and oxygen atoms in total. The molecule has 0 radical (unpaired) electrons. The maximum atomic E-state index is 13.0. The highest BCUT2D eigenvalue weighted by molar-refractivity contribution is 5.60. The van der Waals surface area contributed by atoms with E-state index in [0.717, 1.165) is 11.6 Å². The molecule has 0 spiro atoms. The Hall–Kier alpha value is -1.88. The summed E-state index contributed by atoms with van der Waals surface area (Å²) in [5, 5.41) is 9.84. The average Bonchev–Trinajstić information content (AvgIpc) is 2.45. The first-order chi connectivity index (χ1) is 9.81. The van der Waals surface area contributed by atoms with Gasteiger partial charge in [0.1, 0.15) is 5.69 Å². The second-order valence-corrected chi connectivity index (χ2v) is 4.96. The molecule has 0 aliphatic heterocycles. The largest absolute Gasteiger partial charge is 0.433 e. The first kappa shape index (κ1) is 15.5. The molecule has 0 aliphatic carbocycles. The Morgan fingerprint density at radius 3 is 2.29 bits per heavy atom. The molecule has 0 bridgehead atoms. The van der Waals surface area contributed by atoms with Crippen molar-refractivity contribution in [3.8, 4) is 11.3 Å². The van der Waals surface area contributed by atoms with E-state index in [-0.39, 0.29) is 11.3 Å². The van der Waals surface area contributed by atoms with Gasteiger partial charge >= 0.3 is 6.18 Å². The van der Waals surface area contributed by atoms with Crippen molar-refractivity contribution in [1.29, 1.82) is 0 Å². The van der Waals surface area contributed by atoms with Crippen LogP contribution in [0.4, 0.5) is 13.2 Å². The van der Waals surface area contributed by atoms with Crippen molar-refractivity contribution in [2.24, 2.45) is 0 Å². The van der Waals surface area contributed by atoms with Gasteiger partial charge in [0.05, 0.1) is 11.8 Å². The number of benzene rings is 1. The molecule has 0 saturated carbocycles. The molecule has 0 aliphatic rings. The van der Waals surface area contributed by atoms with E-state index in [0.29, 0.717) is 12.0 Å². The maximum Gasteiger partial charge on any atom is 0.433 e. The predicted molar refractivity (Wildman–Crippen MR) is 74.7 cm³/mol. The Morgan fingerprint density at radius 1 is 1.14 bits per heavy atom. The highest BCUT2D eigenvalue weighted by Crippen LogP contribution is 2.32. The summed E-state index contributed by atoms with van der Waals surface area (Å²) in [4.78, 5) is 3.69. The molecule has 1 heterocycles. The van der Waals surface area contributed by atoms with E-state index in [1.165, 1.54) is 6.07 Å². The summed E-state index contributed by atoms with van der Waals surface area (Å²) in [6.07, 6.45) is -5.13. The number of pyridine rings is 1. The van der Waals surface area contributed by atoms with E-state index in [2.05, 4.69) is 4.98 Å². The van der Waals surface area contributed by atoms with E-state index >= 15 is 0 Å². The summed E-state index contributed by atoms with van der Waals surface area (Å²) >= 11 is 0. The summed E-state index contributed by atoms with van der Waals surface area (Å²) in [6, 6.07) is 9.49. The average molecular weight is 295 g/mol. The van der Waals surface area contributed by atoms with Crippen molar-refractivity contribution in [3.05, 3.63) is 53.2 Å². The molecule has 0 unspecified atom stereocenters. The van der Waals surface area contributed by atoms with Gasteiger partial charge in [-0.15, -0.1) is 0 Å². The molecule has 1 aromatic carbocycles. The Balaban J connectivity index is 2.57. The zero-order valence-electron chi connectivity index (χ0n) is 11.8. The van der Waals surface area contributed by atoms with Crippen LogP contribution in [0.3, 0.4) is 0 Å². The van der Waals surface area contributed by atoms with E-state index in [4.69, 9.17) is 0 Å². The van der Waals surface area contributed by atoms with Crippen LogP contribution in [-0.2, 0) is 6.18 Å². The van der Waals surface area contributed by atoms with Gasteiger partial charge in [0.2, 0.25) is 0 Å². The summed E-state index contributed by atoms with van der Waals surface area (Å²) in [7, 11) is 0. The number of aliphatic hydroxyl groups is 1. The molecule has 2 aromatic rings. The molecule has 2 rings (SSSR count). The van der Waals surface area contributed by atoms with Crippen LogP contribution in [0.1, 0.15) is 36.3 Å². The fraction of sp³-hybridized carbons (Fsp3) is 0.312. The molecule has 0 amide bonds. The van der Waals surface area contributed by atoms with Gasteiger partial charge in [-0.2, -0.15) is 13.2 Å². The number of alkyl halides is 3. The lowest BCUT2D eigenvalue weighted by Gasteiger charge is -2.14. The molecule has 0 saturated heterocycles. The lowest BCUT2D eigenvalue weighted by molar-refractivity contribution is -0.141. The van der Waals surface area contributed by atoms with Gasteiger partial charge in [-0.3, -0.25) is 0 Å². The van der Waals surface area contributed by atoms with Crippen molar-refractivity contribution in [2.75, 3.05) is 0 Å². The lowest BCUT2D eigenvalue weighted by atomic mass is 10.0. The van der Waals surface area contributed by atoms with Gasteiger partial charge in [-0.05, 0) is 31.0 Å². The van der Waals surface area contributed by atoms with E-state index in [1.807, 2.05) is 19.1 Å². The standard InChI is InChI=1S/C16H16F3NO/c1-3-14(21)12-8-13(11-6-4-10(2)5-7-11)20-15(9-12)16(17,18)19/h4-9,14,21H,3H2,1-2H3/t14-/m0/s1. The van der Waals surface area contributed by atoms with Crippen LogP contribution in [0.2, 0.25) is 0 Å². The summed E-state index contributed by atoms with van der Waals surface area (Å²) < 4.78 is 38.9. The topological polar surface area (TPSA) is 33.1 Å². The van der Waals surface area contributed by atoms with Crippen LogP contribution in [0, 0.1) is 6.92 Å². The number of aromatic nitrogens is 1. The summed E-state index contributed by atoms with van der Waals surface area (Å²) in [5.41, 5.74) is 1.07. The molecular weight excluding hydrogens is 279 g/mol. The van der Waals surface area contributed by atoms with Crippen molar-refractivity contribution < 1.29 is 18.3 Å². The SMILES string of the molecule is CC[C@H](O)c1cc(-c2ccc(C)cc2)nc(C(F)(F)F)c1. The second kappa shape index (κ2) is 5.85. The van der Waals surface area contributed by atoms with Gasteiger partial charge in [-0.25, -0.2) is 4.98 Å². The van der Waals surface area contributed by atoms with Gasteiger partial charge in [-0.1, -0.05) is 36.8 Å². The van der Waals surface area contributed by atoms with Crippen molar-refractivity contribution in [1.82, 2.24) is 4.98 Å². The van der Waals surface area contributed by atoms with Gasteiger partial charge in [0.15, 0.2) is 0 Å². The number of aryl methyl sites for hydroxylation is 1. The Kier molecular flexibility index (Phi) is 4.32. The first-order valence-corrected chi connectivity index (χ1v) is 6.65. The minimum Gasteiger partial charge on any atom is -0.388 e. The third-order valence-electron chi connectivity index (χ3n) is 3.26. The Labute approximate surface area is 121 Å². The third kappa shape index (κ3) is 3.61. The van der Waals surface area contributed by atoms with Crippen LogP contribution in [0.15, 0.2) is 36.4 Å². The van der Waals surface area contributed by atoms with Gasteiger partial charge in [0.25, 0.3) is 0 Å². The van der Waals surface area contributed by atoms with Crippen LogP contribution in [0.5, 0.6) is 0 Å². The van der Waals surface area contributed by atoms with Crippen molar-refractivity contribution in [2.45, 2.75) is 32.5 Å². The normalized spacial score (nSPS) is 13.2. The Bertz CT molecular complexity index is 620. The molecule has 5 heteroatoms. The predicted octanol–water partition coefficient (Wildman–Crippen LogP) is 4.52. The zero-order valence-corrected chi connectivity index (χ0v) is 11.8. The first-order valence-electron chi connectivity index (χ1n) is 6.65. The summed E-state index contributed by atoms with van der Waals surface area (Å²) in [6.45, 7) is 3.61. The Morgan fingerprint density at radius 2 is 1.76 bits per heavy atom. The van der Waals surface area contributed by atoms with Gasteiger partial charge in [0, 0.05) is 5.56 Å². The number of nitrogens with zero attached hydrogens (tertiary/aromatic N) is 1. The van der Waals surface area contributed by atoms with Crippen LogP contribution in [0.25, 0.3) is 11.3 Å². The van der Waals surface area contributed by atoms with Crippen molar-refractivity contribution >= 4 is 0 Å². The van der Waals surface area contributed by atoms with E-state index in [1.54, 1.807) is 19.1 Å². The molecule has 112 valence electrons. The van der Waals surface area contributed by atoms with E-state index in [9.17, 15) is 18.3 Å². The molecule has 1 atom stereocenters. The van der Waals surface area contributed by atoms with Crippen LogP contribution >= 0.6 is 0 Å². The third-order valence-corrected chi connectivity index (χ3v) is 3.26. The number of hydrogen-bond donors (Lipinski definition) is 1. The fourth-order valence-corrected chi connectivity index (χ4v) is 2.00. The molecule has 1 N–H and O–H groups in total. The fourth-order valence-electron chi connectivity index (χ4n) is 2.00.